The Hall–Kier alpha value is -2.28. The van der Waals surface area contributed by atoms with Gasteiger partial charge in [-0.2, -0.15) is 0 Å². The first kappa shape index (κ1) is 22.9. The molecule has 0 spiro atoms. The first-order valence-corrected chi connectivity index (χ1v) is 12.7. The number of likely N-dealkylation sites (tertiary alicyclic amines) is 1. The Labute approximate surface area is 195 Å². The molecule has 2 aromatic carbocycles. The maximum absolute atomic E-state index is 12.9. The van der Waals surface area contributed by atoms with Crippen LogP contribution in [0.3, 0.4) is 0 Å². The Morgan fingerprint density at radius 2 is 1.81 bits per heavy atom. The molecule has 3 aromatic rings. The van der Waals surface area contributed by atoms with E-state index in [4.69, 9.17) is 0 Å². The smallest absolute Gasteiger partial charge is 0.227 e. The molecule has 1 aromatic heterocycles. The van der Waals surface area contributed by atoms with Crippen LogP contribution in [0, 0.1) is 5.92 Å². The Bertz CT molecular complexity index is 962. The summed E-state index contributed by atoms with van der Waals surface area (Å²) in [6.07, 6.45) is 6.93. The monoisotopic (exact) mass is 450 g/mol. The largest absolute Gasteiger partial charge is 0.342 e. The van der Waals surface area contributed by atoms with E-state index in [0.29, 0.717) is 12.3 Å². The third-order valence-electron chi connectivity index (χ3n) is 6.34. The van der Waals surface area contributed by atoms with Crippen molar-refractivity contribution in [3.63, 3.8) is 0 Å². The molecule has 0 bridgehead atoms. The maximum atomic E-state index is 12.9. The number of nitrogens with zero attached hydrogens (tertiary/aromatic N) is 2. The number of unbranched alkanes of at least 4 members (excludes halogenated alkanes) is 1. The van der Waals surface area contributed by atoms with Crippen molar-refractivity contribution in [1.29, 1.82) is 0 Å². The van der Waals surface area contributed by atoms with E-state index in [2.05, 4.69) is 50.8 Å². The summed E-state index contributed by atoms with van der Waals surface area (Å²) in [5, 5.41) is 12.7. The quantitative estimate of drug-likeness (QED) is 0.429. The van der Waals surface area contributed by atoms with Gasteiger partial charge >= 0.3 is 0 Å². The second kappa shape index (κ2) is 12.1. The summed E-state index contributed by atoms with van der Waals surface area (Å²) < 4.78 is 0. The molecule has 5 nitrogen and oxygen atoms in total. The highest BCUT2D eigenvalue weighted by Gasteiger charge is 2.22. The van der Waals surface area contributed by atoms with Crippen LogP contribution in [0.1, 0.15) is 36.3 Å². The van der Waals surface area contributed by atoms with Crippen molar-refractivity contribution in [2.24, 2.45) is 5.92 Å². The average molecular weight is 451 g/mol. The number of rotatable bonds is 11. The van der Waals surface area contributed by atoms with Gasteiger partial charge in [0.1, 0.15) is 5.01 Å². The second-order valence-electron chi connectivity index (χ2n) is 8.65. The molecule has 1 aliphatic heterocycles. The molecule has 0 aliphatic carbocycles. The summed E-state index contributed by atoms with van der Waals surface area (Å²) in [5.74, 6) is 0.942. The van der Waals surface area contributed by atoms with Crippen molar-refractivity contribution in [3.8, 4) is 0 Å². The third-order valence-corrected chi connectivity index (χ3v) is 7.12. The molecule has 0 saturated carbocycles. The van der Waals surface area contributed by atoms with Gasteiger partial charge in [0.2, 0.25) is 5.91 Å². The van der Waals surface area contributed by atoms with Gasteiger partial charge in [-0.05, 0) is 67.6 Å². The molecule has 0 unspecified atom stereocenters. The van der Waals surface area contributed by atoms with Crippen LogP contribution in [-0.4, -0.2) is 48.5 Å². The fourth-order valence-electron chi connectivity index (χ4n) is 4.45. The van der Waals surface area contributed by atoms with Gasteiger partial charge in [0, 0.05) is 31.2 Å². The van der Waals surface area contributed by atoms with Crippen LogP contribution in [-0.2, 0) is 17.8 Å². The van der Waals surface area contributed by atoms with Gasteiger partial charge in [-0.25, -0.2) is 4.98 Å². The van der Waals surface area contributed by atoms with Crippen LogP contribution in [0.4, 0.5) is 0 Å². The molecule has 1 fully saturated rings. The SMILES string of the molecule is O=C(Cc1cccc2ccccc12)N1CCC(CNCCCCNCc2nccs2)CC1. The van der Waals surface area contributed by atoms with Gasteiger partial charge in [0.25, 0.3) is 0 Å². The van der Waals surface area contributed by atoms with Gasteiger partial charge in [-0.1, -0.05) is 42.5 Å². The predicted molar refractivity (Wildman–Crippen MR) is 133 cm³/mol. The van der Waals surface area contributed by atoms with Crippen molar-refractivity contribution in [1.82, 2.24) is 20.5 Å². The summed E-state index contributed by atoms with van der Waals surface area (Å²) >= 11 is 1.70. The van der Waals surface area contributed by atoms with Crippen molar-refractivity contribution in [2.45, 2.75) is 38.6 Å². The highest BCUT2D eigenvalue weighted by molar-refractivity contribution is 7.09. The molecule has 2 heterocycles. The lowest BCUT2D eigenvalue weighted by molar-refractivity contribution is -0.131. The van der Waals surface area contributed by atoms with Gasteiger partial charge < -0.3 is 15.5 Å². The number of benzene rings is 2. The number of fused-ring (bicyclic) bond motifs is 1. The molecule has 1 aliphatic rings. The van der Waals surface area contributed by atoms with Crippen LogP contribution in [0.5, 0.6) is 0 Å². The predicted octanol–water partition coefficient (Wildman–Crippen LogP) is 4.24. The van der Waals surface area contributed by atoms with E-state index in [0.717, 1.165) is 62.7 Å². The topological polar surface area (TPSA) is 57.3 Å². The lowest BCUT2D eigenvalue weighted by Crippen LogP contribution is -2.41. The van der Waals surface area contributed by atoms with Gasteiger partial charge in [0.15, 0.2) is 0 Å². The van der Waals surface area contributed by atoms with Crippen LogP contribution >= 0.6 is 11.3 Å². The number of nitrogens with one attached hydrogen (secondary N) is 2. The summed E-state index contributed by atoms with van der Waals surface area (Å²) in [5.41, 5.74) is 1.14. The Kier molecular flexibility index (Phi) is 8.65. The highest BCUT2D eigenvalue weighted by Crippen LogP contribution is 2.21. The fraction of sp³-hybridized carbons (Fsp3) is 0.462. The number of aromatic nitrogens is 1. The zero-order chi connectivity index (χ0) is 22.0. The molecule has 4 rings (SSSR count). The fourth-order valence-corrected chi connectivity index (χ4v) is 5.04. The number of carbonyl (C=O) groups is 1. The van der Waals surface area contributed by atoms with E-state index in [-0.39, 0.29) is 5.91 Å². The molecule has 1 amide bonds. The van der Waals surface area contributed by atoms with Crippen molar-refractivity contribution >= 4 is 28.0 Å². The number of piperidine rings is 1. The molecular formula is C26H34N4OS. The molecule has 2 N–H and O–H groups in total. The Balaban J connectivity index is 1.08. The molecule has 6 heteroatoms. The molecule has 0 atom stereocenters. The van der Waals surface area contributed by atoms with Crippen LogP contribution in [0.25, 0.3) is 10.8 Å². The summed E-state index contributed by atoms with van der Waals surface area (Å²) in [6.45, 7) is 5.83. The molecule has 170 valence electrons. The van der Waals surface area contributed by atoms with E-state index >= 15 is 0 Å². The minimum absolute atomic E-state index is 0.262. The van der Waals surface area contributed by atoms with E-state index in [1.54, 1.807) is 11.3 Å². The second-order valence-corrected chi connectivity index (χ2v) is 9.63. The normalized spacial score (nSPS) is 14.8. The van der Waals surface area contributed by atoms with Crippen LogP contribution < -0.4 is 10.6 Å². The summed E-state index contributed by atoms with van der Waals surface area (Å²) in [6, 6.07) is 14.6. The first-order chi connectivity index (χ1) is 15.8. The minimum Gasteiger partial charge on any atom is -0.342 e. The lowest BCUT2D eigenvalue weighted by atomic mass is 9.95. The van der Waals surface area contributed by atoms with E-state index in [1.807, 2.05) is 23.7 Å². The molecular weight excluding hydrogens is 416 g/mol. The minimum atomic E-state index is 0.262. The number of hydrogen-bond acceptors (Lipinski definition) is 5. The molecule has 1 saturated heterocycles. The van der Waals surface area contributed by atoms with E-state index in [9.17, 15) is 4.79 Å². The zero-order valence-electron chi connectivity index (χ0n) is 18.8. The van der Waals surface area contributed by atoms with Gasteiger partial charge in [-0.3, -0.25) is 4.79 Å². The standard InChI is InChI=1S/C26H34N4OS/c31-26(18-23-8-5-7-22-6-1-2-9-24(22)23)30-15-10-21(11-16-30)19-27-12-3-4-13-28-20-25-29-14-17-32-25/h1-2,5-9,14,17,21,27-28H,3-4,10-13,15-16,18-20H2. The van der Waals surface area contributed by atoms with Crippen molar-refractivity contribution in [3.05, 3.63) is 64.6 Å². The first-order valence-electron chi connectivity index (χ1n) is 11.8. The number of amides is 1. The van der Waals surface area contributed by atoms with E-state index in [1.165, 1.54) is 23.6 Å². The molecule has 32 heavy (non-hydrogen) atoms. The molecule has 0 radical (unpaired) electrons. The van der Waals surface area contributed by atoms with E-state index < -0.39 is 0 Å². The van der Waals surface area contributed by atoms with Crippen molar-refractivity contribution in [2.75, 3.05) is 32.7 Å². The Morgan fingerprint density at radius 3 is 2.62 bits per heavy atom. The van der Waals surface area contributed by atoms with Gasteiger partial charge in [-0.15, -0.1) is 11.3 Å². The highest BCUT2D eigenvalue weighted by atomic mass is 32.1. The van der Waals surface area contributed by atoms with Gasteiger partial charge in [0.05, 0.1) is 6.42 Å². The average Bonchev–Trinajstić information content (AvgIpc) is 3.35. The number of thiazole rings is 1. The lowest BCUT2D eigenvalue weighted by Gasteiger charge is -2.32. The van der Waals surface area contributed by atoms with Crippen LogP contribution in [0.2, 0.25) is 0 Å². The third kappa shape index (κ3) is 6.61. The Morgan fingerprint density at radius 1 is 1.03 bits per heavy atom. The maximum Gasteiger partial charge on any atom is 0.227 e. The van der Waals surface area contributed by atoms with Crippen LogP contribution in [0.15, 0.2) is 54.0 Å². The summed E-state index contributed by atoms with van der Waals surface area (Å²) in [7, 11) is 0. The number of hydrogen-bond donors (Lipinski definition) is 2. The van der Waals surface area contributed by atoms with Crippen molar-refractivity contribution < 1.29 is 4.79 Å². The zero-order valence-corrected chi connectivity index (χ0v) is 19.6. The summed E-state index contributed by atoms with van der Waals surface area (Å²) in [4.78, 5) is 19.2. The number of carbonyl (C=O) groups excluding carboxylic acids is 1.